The van der Waals surface area contributed by atoms with Crippen molar-refractivity contribution in [3.05, 3.63) is 0 Å². The predicted octanol–water partition coefficient (Wildman–Crippen LogP) is 3.39. The van der Waals surface area contributed by atoms with E-state index in [9.17, 15) is 0 Å². The van der Waals surface area contributed by atoms with Crippen molar-refractivity contribution in [2.24, 2.45) is 0 Å². The van der Waals surface area contributed by atoms with E-state index in [0.29, 0.717) is 6.10 Å². The van der Waals surface area contributed by atoms with Crippen molar-refractivity contribution < 1.29 is 4.74 Å². The maximum atomic E-state index is 5.17. The minimum absolute atomic E-state index is 0.422. The van der Waals surface area contributed by atoms with Gasteiger partial charge in [-0.15, -0.1) is 12.3 Å². The van der Waals surface area contributed by atoms with Crippen LogP contribution in [0.15, 0.2) is 0 Å². The van der Waals surface area contributed by atoms with Gasteiger partial charge in [0.05, 0.1) is 6.10 Å². The molecule has 1 nitrogen and oxygen atoms in total. The summed E-state index contributed by atoms with van der Waals surface area (Å²) >= 11 is 0. The summed E-state index contributed by atoms with van der Waals surface area (Å²) in [6.07, 6.45) is 14.1. The van der Waals surface area contributed by atoms with Crippen LogP contribution in [-0.2, 0) is 4.74 Å². The van der Waals surface area contributed by atoms with Crippen LogP contribution in [0, 0.1) is 12.3 Å². The standard InChI is InChI=1S/C12H22O/c1-4-5-6-7-8-9-10-11-12(2)13-3/h1,12H,5-11H2,2-3H3/t12-/m1/s1. The summed E-state index contributed by atoms with van der Waals surface area (Å²) in [6, 6.07) is 0. The van der Waals surface area contributed by atoms with Gasteiger partial charge in [-0.1, -0.05) is 25.7 Å². The van der Waals surface area contributed by atoms with E-state index >= 15 is 0 Å². The van der Waals surface area contributed by atoms with Gasteiger partial charge in [-0.3, -0.25) is 0 Å². The Kier molecular flexibility index (Phi) is 9.25. The molecule has 0 aliphatic heterocycles. The highest BCUT2D eigenvalue weighted by Crippen LogP contribution is 2.09. The molecule has 0 spiro atoms. The van der Waals surface area contributed by atoms with E-state index in [4.69, 9.17) is 11.2 Å². The number of ether oxygens (including phenoxy) is 1. The van der Waals surface area contributed by atoms with Gasteiger partial charge < -0.3 is 4.74 Å². The summed E-state index contributed by atoms with van der Waals surface area (Å²) in [7, 11) is 1.78. The van der Waals surface area contributed by atoms with Crippen LogP contribution in [0.3, 0.4) is 0 Å². The molecule has 0 aliphatic rings. The van der Waals surface area contributed by atoms with Crippen molar-refractivity contribution in [1.29, 1.82) is 0 Å². The van der Waals surface area contributed by atoms with E-state index < -0.39 is 0 Å². The Morgan fingerprint density at radius 1 is 1.15 bits per heavy atom. The van der Waals surface area contributed by atoms with Crippen molar-refractivity contribution in [2.45, 2.75) is 58.0 Å². The molecule has 0 heterocycles. The summed E-state index contributed by atoms with van der Waals surface area (Å²) in [4.78, 5) is 0. The molecule has 0 fully saturated rings. The van der Waals surface area contributed by atoms with Crippen LogP contribution in [0.5, 0.6) is 0 Å². The Balaban J connectivity index is 2.96. The normalized spacial score (nSPS) is 12.4. The molecule has 0 aromatic rings. The Hall–Kier alpha value is -0.480. The first-order chi connectivity index (χ1) is 6.31. The van der Waals surface area contributed by atoms with Crippen LogP contribution < -0.4 is 0 Å². The van der Waals surface area contributed by atoms with E-state index in [0.717, 1.165) is 6.42 Å². The third kappa shape index (κ3) is 9.43. The molecule has 0 saturated carbocycles. The molecule has 0 bridgehead atoms. The predicted molar refractivity (Wildman–Crippen MR) is 57.6 cm³/mol. The number of hydrogen-bond donors (Lipinski definition) is 0. The van der Waals surface area contributed by atoms with Gasteiger partial charge >= 0.3 is 0 Å². The molecule has 0 N–H and O–H groups in total. The average Bonchev–Trinajstić information content (AvgIpc) is 2.16. The van der Waals surface area contributed by atoms with Crippen LogP contribution in [0.1, 0.15) is 51.9 Å². The Morgan fingerprint density at radius 2 is 1.77 bits per heavy atom. The van der Waals surface area contributed by atoms with Gasteiger partial charge in [-0.2, -0.15) is 0 Å². The molecule has 0 amide bonds. The summed E-state index contributed by atoms with van der Waals surface area (Å²) in [5, 5.41) is 0. The minimum Gasteiger partial charge on any atom is -0.382 e. The van der Waals surface area contributed by atoms with Crippen molar-refractivity contribution in [3.8, 4) is 12.3 Å². The molecule has 0 aliphatic carbocycles. The fraction of sp³-hybridized carbons (Fsp3) is 0.833. The quantitative estimate of drug-likeness (QED) is 0.413. The summed E-state index contributed by atoms with van der Waals surface area (Å²) in [5.74, 6) is 2.67. The molecule has 13 heavy (non-hydrogen) atoms. The lowest BCUT2D eigenvalue weighted by atomic mass is 10.1. The maximum Gasteiger partial charge on any atom is 0.0543 e. The zero-order valence-corrected chi connectivity index (χ0v) is 9.01. The number of unbranched alkanes of at least 4 members (excludes halogenated alkanes) is 5. The summed E-state index contributed by atoms with van der Waals surface area (Å²) in [6.45, 7) is 2.12. The Labute approximate surface area is 82.9 Å². The number of methoxy groups -OCH3 is 1. The lowest BCUT2D eigenvalue weighted by Crippen LogP contribution is -2.03. The molecule has 0 rings (SSSR count). The van der Waals surface area contributed by atoms with E-state index in [1.165, 1.54) is 38.5 Å². The van der Waals surface area contributed by atoms with Crippen LogP contribution in [0.25, 0.3) is 0 Å². The second kappa shape index (κ2) is 9.61. The van der Waals surface area contributed by atoms with Crippen molar-refractivity contribution in [3.63, 3.8) is 0 Å². The second-order valence-electron chi connectivity index (χ2n) is 3.56. The third-order valence-corrected chi connectivity index (χ3v) is 2.33. The zero-order chi connectivity index (χ0) is 9.94. The van der Waals surface area contributed by atoms with Gasteiger partial charge in [-0.25, -0.2) is 0 Å². The molecule has 0 aromatic carbocycles. The highest BCUT2D eigenvalue weighted by molar-refractivity contribution is 4.82. The number of hydrogen-bond acceptors (Lipinski definition) is 1. The highest BCUT2D eigenvalue weighted by Gasteiger charge is 1.97. The molecule has 0 aromatic heterocycles. The van der Waals surface area contributed by atoms with Gasteiger partial charge in [0.2, 0.25) is 0 Å². The first-order valence-electron chi connectivity index (χ1n) is 5.27. The molecule has 1 heteroatoms. The van der Waals surface area contributed by atoms with Gasteiger partial charge in [0, 0.05) is 13.5 Å². The first kappa shape index (κ1) is 12.5. The second-order valence-corrected chi connectivity index (χ2v) is 3.56. The molecule has 76 valence electrons. The fourth-order valence-electron chi connectivity index (χ4n) is 1.31. The average molecular weight is 182 g/mol. The zero-order valence-electron chi connectivity index (χ0n) is 9.01. The van der Waals surface area contributed by atoms with Crippen LogP contribution in [0.4, 0.5) is 0 Å². The van der Waals surface area contributed by atoms with Crippen molar-refractivity contribution >= 4 is 0 Å². The van der Waals surface area contributed by atoms with Crippen molar-refractivity contribution in [2.75, 3.05) is 7.11 Å². The van der Waals surface area contributed by atoms with Gasteiger partial charge in [0.1, 0.15) is 0 Å². The SMILES string of the molecule is C#CCCCCCCC[C@@H](C)OC. The Bertz CT molecular complexity index is 135. The molecule has 1 atom stereocenters. The summed E-state index contributed by atoms with van der Waals surface area (Å²) < 4.78 is 5.17. The van der Waals surface area contributed by atoms with E-state index in [1.807, 2.05) is 0 Å². The van der Waals surface area contributed by atoms with E-state index in [-0.39, 0.29) is 0 Å². The van der Waals surface area contributed by atoms with Crippen molar-refractivity contribution in [1.82, 2.24) is 0 Å². The number of rotatable bonds is 8. The largest absolute Gasteiger partial charge is 0.382 e. The molecular formula is C12H22O. The molecule has 0 radical (unpaired) electrons. The third-order valence-electron chi connectivity index (χ3n) is 2.33. The molecular weight excluding hydrogens is 160 g/mol. The van der Waals surface area contributed by atoms with Crippen LogP contribution >= 0.6 is 0 Å². The lowest BCUT2D eigenvalue weighted by Gasteiger charge is -2.07. The van der Waals surface area contributed by atoms with Gasteiger partial charge in [0.15, 0.2) is 0 Å². The summed E-state index contributed by atoms with van der Waals surface area (Å²) in [5.41, 5.74) is 0. The highest BCUT2D eigenvalue weighted by atomic mass is 16.5. The van der Waals surface area contributed by atoms with Crippen LogP contribution in [-0.4, -0.2) is 13.2 Å². The lowest BCUT2D eigenvalue weighted by molar-refractivity contribution is 0.108. The smallest absolute Gasteiger partial charge is 0.0543 e. The van der Waals surface area contributed by atoms with Gasteiger partial charge in [0.25, 0.3) is 0 Å². The van der Waals surface area contributed by atoms with E-state index in [2.05, 4.69) is 12.8 Å². The Morgan fingerprint density at radius 3 is 2.38 bits per heavy atom. The number of terminal acetylenes is 1. The fourth-order valence-corrected chi connectivity index (χ4v) is 1.31. The maximum absolute atomic E-state index is 5.17. The van der Waals surface area contributed by atoms with Crippen LogP contribution in [0.2, 0.25) is 0 Å². The topological polar surface area (TPSA) is 9.23 Å². The molecule has 0 unspecified atom stereocenters. The monoisotopic (exact) mass is 182 g/mol. The van der Waals surface area contributed by atoms with Gasteiger partial charge in [-0.05, 0) is 19.8 Å². The first-order valence-corrected chi connectivity index (χ1v) is 5.27. The van der Waals surface area contributed by atoms with E-state index in [1.54, 1.807) is 7.11 Å². The minimum atomic E-state index is 0.422. The molecule has 0 saturated heterocycles.